The van der Waals surface area contributed by atoms with Crippen molar-refractivity contribution in [1.29, 1.82) is 0 Å². The van der Waals surface area contributed by atoms with Crippen molar-refractivity contribution in [2.45, 2.75) is 26.9 Å². The van der Waals surface area contributed by atoms with E-state index in [2.05, 4.69) is 0 Å². The first-order valence-corrected chi connectivity index (χ1v) is 6.83. The molecule has 0 aliphatic rings. The van der Waals surface area contributed by atoms with Crippen LogP contribution in [-0.2, 0) is 9.47 Å². The Morgan fingerprint density at radius 2 is 2.11 bits per heavy atom. The fourth-order valence-corrected chi connectivity index (χ4v) is 2.63. The van der Waals surface area contributed by atoms with Gasteiger partial charge < -0.3 is 13.9 Å². The van der Waals surface area contributed by atoms with E-state index in [9.17, 15) is 9.59 Å². The summed E-state index contributed by atoms with van der Waals surface area (Å²) in [6.45, 7) is 5.67. The van der Waals surface area contributed by atoms with Crippen LogP contribution in [0.5, 0.6) is 0 Å². The van der Waals surface area contributed by atoms with E-state index in [0.29, 0.717) is 21.9 Å². The minimum Gasteiger partial charge on any atom is -0.462 e. The van der Waals surface area contributed by atoms with Gasteiger partial charge in [-0.05, 0) is 26.8 Å². The Balaban J connectivity index is 2.32. The third kappa shape index (κ3) is 2.78. The van der Waals surface area contributed by atoms with Crippen LogP contribution in [0.4, 0.5) is 0 Å². The maximum Gasteiger partial charge on any atom is 0.349 e. The van der Waals surface area contributed by atoms with E-state index in [-0.39, 0.29) is 18.0 Å². The zero-order valence-electron chi connectivity index (χ0n) is 11.0. The summed E-state index contributed by atoms with van der Waals surface area (Å²) in [5.74, 6) is -0.755. The lowest BCUT2D eigenvalue weighted by Gasteiger charge is -2.05. The Bertz CT molecular complexity index is 611. The Morgan fingerprint density at radius 1 is 1.37 bits per heavy atom. The number of hydrogen-bond acceptors (Lipinski definition) is 5. The van der Waals surface area contributed by atoms with Crippen LogP contribution in [0.2, 0.25) is 0 Å². The SMILES string of the molecule is CCOC(=O)c1cn2ccc(C(=O)OC(C)C)c2s1. The van der Waals surface area contributed by atoms with Gasteiger partial charge in [0.2, 0.25) is 0 Å². The molecule has 0 bridgehead atoms. The molecule has 2 aromatic rings. The van der Waals surface area contributed by atoms with Crippen molar-refractivity contribution >= 4 is 28.1 Å². The summed E-state index contributed by atoms with van der Waals surface area (Å²) in [6, 6.07) is 1.69. The summed E-state index contributed by atoms with van der Waals surface area (Å²) in [5, 5.41) is 0. The molecule has 0 fully saturated rings. The second kappa shape index (κ2) is 5.44. The molecule has 102 valence electrons. The number of aromatic nitrogens is 1. The van der Waals surface area contributed by atoms with E-state index in [4.69, 9.17) is 9.47 Å². The van der Waals surface area contributed by atoms with Gasteiger partial charge in [-0.3, -0.25) is 0 Å². The minimum atomic E-state index is -0.380. The van der Waals surface area contributed by atoms with Gasteiger partial charge in [-0.25, -0.2) is 9.59 Å². The lowest BCUT2D eigenvalue weighted by atomic mass is 10.3. The number of rotatable bonds is 4. The molecule has 0 amide bonds. The normalized spacial score (nSPS) is 10.9. The molecule has 6 heteroatoms. The lowest BCUT2D eigenvalue weighted by Crippen LogP contribution is -2.10. The Kier molecular flexibility index (Phi) is 3.90. The summed E-state index contributed by atoms with van der Waals surface area (Å²) in [6.07, 6.45) is 3.21. The first-order valence-electron chi connectivity index (χ1n) is 6.01. The molecule has 2 rings (SSSR count). The molecule has 0 unspecified atom stereocenters. The van der Waals surface area contributed by atoms with Gasteiger partial charge in [-0.1, -0.05) is 0 Å². The molecule has 0 radical (unpaired) electrons. The largest absolute Gasteiger partial charge is 0.462 e. The van der Waals surface area contributed by atoms with Crippen LogP contribution >= 0.6 is 11.3 Å². The number of fused-ring (bicyclic) bond motifs is 1. The first-order chi connectivity index (χ1) is 9.02. The number of nitrogens with zero attached hydrogens (tertiary/aromatic N) is 1. The van der Waals surface area contributed by atoms with E-state index in [1.165, 1.54) is 11.3 Å². The number of hydrogen-bond donors (Lipinski definition) is 0. The summed E-state index contributed by atoms with van der Waals surface area (Å²) in [5.41, 5.74) is 0.467. The molecule has 0 aliphatic heterocycles. The lowest BCUT2D eigenvalue weighted by molar-refractivity contribution is 0.0380. The molecule has 2 aromatic heterocycles. The van der Waals surface area contributed by atoms with E-state index in [1.54, 1.807) is 43.6 Å². The highest BCUT2D eigenvalue weighted by Gasteiger charge is 2.19. The van der Waals surface area contributed by atoms with Crippen molar-refractivity contribution in [3.63, 3.8) is 0 Å². The topological polar surface area (TPSA) is 57.0 Å². The van der Waals surface area contributed by atoms with E-state index >= 15 is 0 Å². The quantitative estimate of drug-likeness (QED) is 0.809. The van der Waals surface area contributed by atoms with Crippen molar-refractivity contribution in [2.75, 3.05) is 6.61 Å². The Hall–Kier alpha value is -1.82. The summed E-state index contributed by atoms with van der Waals surface area (Å²) < 4.78 is 11.8. The predicted octanol–water partition coefficient (Wildman–Crippen LogP) is 2.74. The molecule has 2 heterocycles. The highest BCUT2D eigenvalue weighted by Crippen LogP contribution is 2.24. The second-order valence-corrected chi connectivity index (χ2v) is 5.24. The third-order valence-corrected chi connectivity index (χ3v) is 3.49. The molecular weight excluding hydrogens is 266 g/mol. The van der Waals surface area contributed by atoms with Crippen LogP contribution in [-0.4, -0.2) is 29.1 Å². The van der Waals surface area contributed by atoms with Gasteiger partial charge >= 0.3 is 11.9 Å². The van der Waals surface area contributed by atoms with Crippen LogP contribution < -0.4 is 0 Å². The van der Waals surface area contributed by atoms with Crippen LogP contribution in [0.3, 0.4) is 0 Å². The second-order valence-electron chi connectivity index (χ2n) is 4.21. The average molecular weight is 281 g/mol. The van der Waals surface area contributed by atoms with Crippen molar-refractivity contribution in [3.05, 3.63) is 28.9 Å². The van der Waals surface area contributed by atoms with Crippen molar-refractivity contribution < 1.29 is 19.1 Å². The summed E-state index contributed by atoms with van der Waals surface area (Å²) >= 11 is 1.22. The van der Waals surface area contributed by atoms with Crippen LogP contribution in [0.15, 0.2) is 18.5 Å². The van der Waals surface area contributed by atoms with Gasteiger partial charge in [0.15, 0.2) is 0 Å². The fourth-order valence-electron chi connectivity index (χ4n) is 1.63. The number of carbonyl (C=O) groups excluding carboxylic acids is 2. The zero-order chi connectivity index (χ0) is 14.0. The molecule has 5 nitrogen and oxygen atoms in total. The summed E-state index contributed by atoms with van der Waals surface area (Å²) in [7, 11) is 0. The smallest absolute Gasteiger partial charge is 0.349 e. The zero-order valence-corrected chi connectivity index (χ0v) is 11.8. The first kappa shape index (κ1) is 13.6. The molecule has 0 spiro atoms. The standard InChI is InChI=1S/C13H15NO4S/c1-4-17-13(16)10-7-14-6-5-9(11(14)19-10)12(15)18-8(2)3/h5-8H,4H2,1-3H3. The highest BCUT2D eigenvalue weighted by atomic mass is 32.1. The molecule has 0 aromatic carbocycles. The van der Waals surface area contributed by atoms with Crippen molar-refractivity contribution in [2.24, 2.45) is 0 Å². The number of ether oxygens (including phenoxy) is 2. The van der Waals surface area contributed by atoms with Crippen LogP contribution in [0, 0.1) is 0 Å². The highest BCUT2D eigenvalue weighted by molar-refractivity contribution is 7.19. The minimum absolute atomic E-state index is 0.174. The molecular formula is C13H15NO4S. The number of carbonyl (C=O) groups is 2. The Morgan fingerprint density at radius 3 is 2.74 bits per heavy atom. The van der Waals surface area contributed by atoms with Gasteiger partial charge in [0.25, 0.3) is 0 Å². The number of esters is 2. The fraction of sp³-hybridized carbons (Fsp3) is 0.385. The van der Waals surface area contributed by atoms with Crippen LogP contribution in [0.1, 0.15) is 40.8 Å². The van der Waals surface area contributed by atoms with Gasteiger partial charge in [-0.15, -0.1) is 11.3 Å². The van der Waals surface area contributed by atoms with Gasteiger partial charge in [-0.2, -0.15) is 0 Å². The van der Waals surface area contributed by atoms with Gasteiger partial charge in [0.05, 0.1) is 18.3 Å². The third-order valence-electron chi connectivity index (χ3n) is 2.37. The molecule has 0 N–H and O–H groups in total. The molecule has 19 heavy (non-hydrogen) atoms. The van der Waals surface area contributed by atoms with Crippen LogP contribution in [0.25, 0.3) is 4.83 Å². The molecule has 0 atom stereocenters. The maximum absolute atomic E-state index is 11.9. The van der Waals surface area contributed by atoms with Crippen molar-refractivity contribution in [1.82, 2.24) is 4.40 Å². The van der Waals surface area contributed by atoms with Gasteiger partial charge in [0, 0.05) is 12.4 Å². The average Bonchev–Trinajstić information content (AvgIpc) is 2.86. The van der Waals surface area contributed by atoms with E-state index in [1.807, 2.05) is 0 Å². The maximum atomic E-state index is 11.9. The molecule has 0 saturated carbocycles. The monoisotopic (exact) mass is 281 g/mol. The van der Waals surface area contributed by atoms with Gasteiger partial charge in [0.1, 0.15) is 9.71 Å². The molecule has 0 saturated heterocycles. The summed E-state index contributed by atoms with van der Waals surface area (Å²) in [4.78, 5) is 24.7. The molecule has 0 aliphatic carbocycles. The number of thiazole rings is 1. The van der Waals surface area contributed by atoms with E-state index in [0.717, 1.165) is 0 Å². The predicted molar refractivity (Wildman–Crippen MR) is 71.8 cm³/mol. The van der Waals surface area contributed by atoms with E-state index < -0.39 is 0 Å². The Labute approximate surface area is 114 Å². The van der Waals surface area contributed by atoms with Crippen molar-refractivity contribution in [3.8, 4) is 0 Å².